The first kappa shape index (κ1) is 12.9. The van der Waals surface area contributed by atoms with Gasteiger partial charge in [-0.05, 0) is 25.4 Å². The Kier molecular flexibility index (Phi) is 3.88. The lowest BCUT2D eigenvalue weighted by atomic mass is 10.1. The van der Waals surface area contributed by atoms with Gasteiger partial charge in [0.15, 0.2) is 0 Å². The van der Waals surface area contributed by atoms with E-state index in [1.807, 2.05) is 27.9 Å². The molecule has 0 bridgehead atoms. The van der Waals surface area contributed by atoms with Crippen LogP contribution in [0.3, 0.4) is 0 Å². The van der Waals surface area contributed by atoms with Crippen molar-refractivity contribution in [2.75, 3.05) is 30.9 Å². The lowest BCUT2D eigenvalue weighted by Crippen LogP contribution is -2.36. The number of aromatic nitrogens is 3. The molecule has 1 rings (SSSR count). The van der Waals surface area contributed by atoms with Crippen molar-refractivity contribution < 1.29 is 5.11 Å². The smallest absolute Gasteiger partial charge is 0.230 e. The summed E-state index contributed by atoms with van der Waals surface area (Å²) in [6, 6.07) is 0. The summed E-state index contributed by atoms with van der Waals surface area (Å²) in [4.78, 5) is 13.8. The van der Waals surface area contributed by atoms with E-state index in [0.29, 0.717) is 11.9 Å². The van der Waals surface area contributed by atoms with E-state index in [1.54, 1.807) is 4.90 Å². The maximum atomic E-state index is 9.13. The summed E-state index contributed by atoms with van der Waals surface area (Å²) in [7, 11) is 3.62. The minimum Gasteiger partial charge on any atom is -0.394 e. The summed E-state index contributed by atoms with van der Waals surface area (Å²) < 4.78 is 0. The van der Waals surface area contributed by atoms with Crippen LogP contribution in [0.2, 0.25) is 5.28 Å². The summed E-state index contributed by atoms with van der Waals surface area (Å²) in [6.07, 6.45) is 0. The van der Waals surface area contributed by atoms with Crippen LogP contribution in [0.1, 0.15) is 13.8 Å². The van der Waals surface area contributed by atoms with E-state index in [4.69, 9.17) is 16.7 Å². The van der Waals surface area contributed by atoms with Crippen molar-refractivity contribution >= 4 is 23.5 Å². The third kappa shape index (κ3) is 3.46. The van der Waals surface area contributed by atoms with Gasteiger partial charge < -0.3 is 15.3 Å². The Morgan fingerprint density at radius 1 is 1.31 bits per heavy atom. The van der Waals surface area contributed by atoms with Gasteiger partial charge in [0, 0.05) is 14.1 Å². The normalized spacial score (nSPS) is 11.4. The highest BCUT2D eigenvalue weighted by Gasteiger charge is 2.18. The molecular formula is C9H16ClN5O. The van der Waals surface area contributed by atoms with Crippen LogP contribution in [0.15, 0.2) is 0 Å². The molecule has 1 aromatic rings. The van der Waals surface area contributed by atoms with Crippen molar-refractivity contribution in [1.82, 2.24) is 15.0 Å². The van der Waals surface area contributed by atoms with Crippen LogP contribution in [0, 0.1) is 0 Å². The van der Waals surface area contributed by atoms with Crippen molar-refractivity contribution in [2.45, 2.75) is 19.4 Å². The minimum atomic E-state index is -0.506. The first-order chi connectivity index (χ1) is 7.34. The van der Waals surface area contributed by atoms with Crippen LogP contribution in [-0.4, -0.2) is 46.3 Å². The van der Waals surface area contributed by atoms with Gasteiger partial charge in [-0.15, -0.1) is 0 Å². The second kappa shape index (κ2) is 4.80. The van der Waals surface area contributed by atoms with Gasteiger partial charge in [0.25, 0.3) is 0 Å². The van der Waals surface area contributed by atoms with E-state index < -0.39 is 5.54 Å². The molecule has 0 aromatic carbocycles. The zero-order chi connectivity index (χ0) is 12.3. The topological polar surface area (TPSA) is 74.2 Å². The standard InChI is InChI=1S/C9H16ClN5O/c1-9(2,5-16)14-7-11-6(10)12-8(13-7)15(3)4/h16H,5H2,1-4H3,(H,11,12,13,14). The predicted octanol–water partition coefficient (Wildman–Crippen LogP) is 0.774. The van der Waals surface area contributed by atoms with Gasteiger partial charge in [0.2, 0.25) is 17.2 Å². The van der Waals surface area contributed by atoms with E-state index in [0.717, 1.165) is 0 Å². The first-order valence-electron chi connectivity index (χ1n) is 4.82. The van der Waals surface area contributed by atoms with Gasteiger partial charge in [-0.1, -0.05) is 0 Å². The van der Waals surface area contributed by atoms with Crippen LogP contribution in [0.25, 0.3) is 0 Å². The number of hydrogen-bond acceptors (Lipinski definition) is 6. The fourth-order valence-corrected chi connectivity index (χ4v) is 1.09. The molecule has 0 atom stereocenters. The zero-order valence-electron chi connectivity index (χ0n) is 9.82. The van der Waals surface area contributed by atoms with Gasteiger partial charge in [-0.2, -0.15) is 15.0 Å². The molecule has 16 heavy (non-hydrogen) atoms. The zero-order valence-corrected chi connectivity index (χ0v) is 10.6. The number of aliphatic hydroxyl groups excluding tert-OH is 1. The number of nitrogens with one attached hydrogen (secondary N) is 1. The Morgan fingerprint density at radius 3 is 2.44 bits per heavy atom. The number of halogens is 1. The second-order valence-electron chi connectivity index (χ2n) is 4.29. The monoisotopic (exact) mass is 245 g/mol. The number of anilines is 2. The Labute approximate surface area is 99.7 Å². The molecule has 0 unspecified atom stereocenters. The Bertz CT molecular complexity index is 369. The summed E-state index contributed by atoms with van der Waals surface area (Å²) in [5, 5.41) is 12.2. The number of hydrogen-bond donors (Lipinski definition) is 2. The molecule has 2 N–H and O–H groups in total. The van der Waals surface area contributed by atoms with Crippen molar-refractivity contribution in [3.63, 3.8) is 0 Å². The SMILES string of the molecule is CN(C)c1nc(Cl)nc(NC(C)(C)CO)n1. The largest absolute Gasteiger partial charge is 0.394 e. The maximum absolute atomic E-state index is 9.13. The number of rotatable bonds is 4. The molecule has 1 heterocycles. The Hall–Kier alpha value is -1.14. The number of aliphatic hydroxyl groups is 1. The molecule has 7 heteroatoms. The molecule has 0 aliphatic heterocycles. The molecule has 0 radical (unpaired) electrons. The molecule has 0 spiro atoms. The van der Waals surface area contributed by atoms with Crippen LogP contribution in [-0.2, 0) is 0 Å². The molecule has 0 amide bonds. The van der Waals surface area contributed by atoms with E-state index in [1.165, 1.54) is 0 Å². The van der Waals surface area contributed by atoms with Gasteiger partial charge in [0.1, 0.15) is 0 Å². The summed E-state index contributed by atoms with van der Waals surface area (Å²) >= 11 is 5.77. The Balaban J connectivity index is 2.97. The molecule has 0 saturated heterocycles. The lowest BCUT2D eigenvalue weighted by Gasteiger charge is -2.23. The van der Waals surface area contributed by atoms with Gasteiger partial charge >= 0.3 is 0 Å². The third-order valence-corrected chi connectivity index (χ3v) is 2.01. The summed E-state index contributed by atoms with van der Waals surface area (Å²) in [5.74, 6) is 0.819. The van der Waals surface area contributed by atoms with E-state index in [2.05, 4.69) is 20.3 Å². The highest BCUT2D eigenvalue weighted by molar-refractivity contribution is 6.28. The highest BCUT2D eigenvalue weighted by atomic mass is 35.5. The molecular weight excluding hydrogens is 230 g/mol. The predicted molar refractivity (Wildman–Crippen MR) is 64.0 cm³/mol. The summed E-state index contributed by atoms with van der Waals surface area (Å²) in [5.41, 5.74) is -0.506. The van der Waals surface area contributed by atoms with Crippen molar-refractivity contribution in [2.24, 2.45) is 0 Å². The lowest BCUT2D eigenvalue weighted by molar-refractivity contribution is 0.233. The van der Waals surface area contributed by atoms with E-state index >= 15 is 0 Å². The van der Waals surface area contributed by atoms with Crippen LogP contribution in [0.4, 0.5) is 11.9 Å². The van der Waals surface area contributed by atoms with Gasteiger partial charge in [-0.3, -0.25) is 0 Å². The second-order valence-corrected chi connectivity index (χ2v) is 4.63. The first-order valence-corrected chi connectivity index (χ1v) is 5.20. The van der Waals surface area contributed by atoms with E-state index in [9.17, 15) is 0 Å². The molecule has 0 fully saturated rings. The molecule has 90 valence electrons. The maximum Gasteiger partial charge on any atom is 0.230 e. The van der Waals surface area contributed by atoms with Crippen molar-refractivity contribution in [3.8, 4) is 0 Å². The van der Waals surface area contributed by atoms with E-state index in [-0.39, 0.29) is 11.9 Å². The van der Waals surface area contributed by atoms with Gasteiger partial charge in [0.05, 0.1) is 12.1 Å². The van der Waals surface area contributed by atoms with Crippen LogP contribution >= 0.6 is 11.6 Å². The van der Waals surface area contributed by atoms with Crippen LogP contribution in [0.5, 0.6) is 0 Å². The fourth-order valence-electron chi connectivity index (χ4n) is 0.938. The van der Waals surface area contributed by atoms with Crippen molar-refractivity contribution in [1.29, 1.82) is 0 Å². The molecule has 1 aromatic heterocycles. The highest BCUT2D eigenvalue weighted by Crippen LogP contribution is 2.15. The average molecular weight is 246 g/mol. The quantitative estimate of drug-likeness (QED) is 0.817. The van der Waals surface area contributed by atoms with Crippen molar-refractivity contribution in [3.05, 3.63) is 5.28 Å². The van der Waals surface area contributed by atoms with Crippen LogP contribution < -0.4 is 10.2 Å². The molecule has 6 nitrogen and oxygen atoms in total. The summed E-state index contributed by atoms with van der Waals surface area (Å²) in [6.45, 7) is 3.63. The van der Waals surface area contributed by atoms with Gasteiger partial charge in [-0.25, -0.2) is 0 Å². The average Bonchev–Trinajstić information content (AvgIpc) is 2.16. The third-order valence-electron chi connectivity index (χ3n) is 1.84. The number of nitrogens with zero attached hydrogens (tertiary/aromatic N) is 4. The molecule has 0 aliphatic carbocycles. The molecule has 0 saturated carbocycles. The fraction of sp³-hybridized carbons (Fsp3) is 0.667. The Morgan fingerprint density at radius 2 is 1.94 bits per heavy atom. The minimum absolute atomic E-state index is 0.0341. The molecule has 0 aliphatic rings.